The van der Waals surface area contributed by atoms with Gasteiger partial charge in [0.1, 0.15) is 5.82 Å². The summed E-state index contributed by atoms with van der Waals surface area (Å²) in [5.41, 5.74) is 1.87. The van der Waals surface area contributed by atoms with Gasteiger partial charge in [0.15, 0.2) is 0 Å². The average Bonchev–Trinajstić information content (AvgIpc) is 2.97. The Labute approximate surface area is 160 Å². The smallest absolute Gasteiger partial charge is 0.288 e. The number of amides is 1. The van der Waals surface area contributed by atoms with Gasteiger partial charge in [-0.25, -0.2) is 0 Å². The van der Waals surface area contributed by atoms with E-state index in [0.717, 1.165) is 16.1 Å². The number of nitrogens with zero attached hydrogens (tertiary/aromatic N) is 2. The van der Waals surface area contributed by atoms with Crippen LogP contribution in [0.2, 0.25) is 0 Å². The van der Waals surface area contributed by atoms with E-state index in [2.05, 4.69) is 24.3 Å². The lowest BCUT2D eigenvalue weighted by Crippen LogP contribution is -2.34. The Morgan fingerprint density at radius 2 is 1.73 bits per heavy atom. The van der Waals surface area contributed by atoms with Crippen molar-refractivity contribution in [3.8, 4) is 0 Å². The first-order chi connectivity index (χ1) is 12.6. The predicted molar refractivity (Wildman–Crippen MR) is 108 cm³/mol. The first-order valence-corrected chi connectivity index (χ1v) is 10.4. The molecule has 3 aromatic rings. The van der Waals surface area contributed by atoms with Gasteiger partial charge in [-0.15, -0.1) is 11.8 Å². The van der Waals surface area contributed by atoms with Crippen molar-refractivity contribution < 1.29 is 4.79 Å². The first kappa shape index (κ1) is 17.1. The van der Waals surface area contributed by atoms with Crippen LogP contribution in [-0.4, -0.2) is 16.7 Å². The number of aromatic nitrogens is 1. The molecular weight excluding hydrogens is 364 g/mol. The molecule has 0 fully saturated rings. The first-order valence-electron chi connectivity index (χ1n) is 8.32. The number of carbonyl (C=O) groups excluding carboxylic acids is 1. The molecule has 1 aliphatic rings. The lowest BCUT2D eigenvalue weighted by Gasteiger charge is -2.32. The Bertz CT molecular complexity index is 1010. The summed E-state index contributed by atoms with van der Waals surface area (Å²) < 4.78 is 1.59. The van der Waals surface area contributed by atoms with E-state index in [1.165, 1.54) is 16.2 Å². The Balaban J connectivity index is 1.86. The number of hydrogen-bond acceptors (Lipinski definition) is 4. The molecule has 132 valence electrons. The lowest BCUT2D eigenvalue weighted by molar-refractivity contribution is -0.118. The van der Waals surface area contributed by atoms with Gasteiger partial charge in [0.2, 0.25) is 5.91 Å². The molecule has 0 radical (unpaired) electrons. The highest BCUT2D eigenvalue weighted by molar-refractivity contribution is 7.98. The molecule has 1 aromatic heterocycles. The maximum absolute atomic E-state index is 13.0. The number of thioether (sulfide) groups is 1. The molecule has 0 spiro atoms. The average molecular weight is 383 g/mol. The van der Waals surface area contributed by atoms with Gasteiger partial charge in [0, 0.05) is 24.3 Å². The standard InChI is InChI=1S/C20H18N2O2S2/c1-21-19-18(26-20(21)24)16(13-8-10-15(25-2)11-9-13)12-17(23)22(19)14-6-4-3-5-7-14/h3-11,16H,12H2,1-2H3/t16-/m0/s1. The topological polar surface area (TPSA) is 42.3 Å². The van der Waals surface area contributed by atoms with Crippen molar-refractivity contribution in [2.45, 2.75) is 17.2 Å². The van der Waals surface area contributed by atoms with Crippen molar-refractivity contribution in [2.24, 2.45) is 7.05 Å². The fraction of sp³-hybridized carbons (Fsp3) is 0.200. The zero-order valence-corrected chi connectivity index (χ0v) is 16.1. The third kappa shape index (κ3) is 2.79. The number of anilines is 2. The Hall–Kier alpha value is -2.31. The summed E-state index contributed by atoms with van der Waals surface area (Å²) in [6.45, 7) is 0. The van der Waals surface area contributed by atoms with Gasteiger partial charge >= 0.3 is 4.87 Å². The third-order valence-corrected chi connectivity index (χ3v) is 6.58. The SMILES string of the molecule is CSc1ccc([C@@H]2CC(=O)N(c3ccccc3)c3c2sc(=O)n3C)cc1. The molecule has 2 aromatic carbocycles. The third-order valence-electron chi connectivity index (χ3n) is 4.70. The molecule has 1 atom stereocenters. The molecule has 0 saturated heterocycles. The Morgan fingerprint density at radius 3 is 2.38 bits per heavy atom. The van der Waals surface area contributed by atoms with E-state index in [4.69, 9.17) is 0 Å². The van der Waals surface area contributed by atoms with Gasteiger partial charge in [-0.2, -0.15) is 0 Å². The van der Waals surface area contributed by atoms with Crippen molar-refractivity contribution in [3.63, 3.8) is 0 Å². The molecule has 4 nitrogen and oxygen atoms in total. The number of benzene rings is 2. The molecule has 0 saturated carbocycles. The van der Waals surface area contributed by atoms with Gasteiger partial charge in [0.25, 0.3) is 0 Å². The minimum absolute atomic E-state index is 0.0102. The normalized spacial score (nSPS) is 16.6. The van der Waals surface area contributed by atoms with Crippen molar-refractivity contribution in [1.29, 1.82) is 0 Å². The van der Waals surface area contributed by atoms with Gasteiger partial charge < -0.3 is 0 Å². The zero-order chi connectivity index (χ0) is 18.3. The number of fused-ring (bicyclic) bond motifs is 1. The summed E-state index contributed by atoms with van der Waals surface area (Å²) in [7, 11) is 1.74. The molecule has 0 N–H and O–H groups in total. The molecule has 6 heteroatoms. The fourth-order valence-electron chi connectivity index (χ4n) is 3.37. The molecule has 4 rings (SSSR count). The van der Waals surface area contributed by atoms with Crippen LogP contribution >= 0.6 is 23.1 Å². The van der Waals surface area contributed by atoms with Crippen molar-refractivity contribution in [2.75, 3.05) is 11.2 Å². The van der Waals surface area contributed by atoms with Crippen LogP contribution in [0.5, 0.6) is 0 Å². The van der Waals surface area contributed by atoms with Gasteiger partial charge in [0.05, 0.1) is 10.6 Å². The quantitative estimate of drug-likeness (QED) is 0.632. The summed E-state index contributed by atoms with van der Waals surface area (Å²) in [5, 5.41) is 0. The van der Waals surface area contributed by atoms with Crippen LogP contribution in [-0.2, 0) is 11.8 Å². The van der Waals surface area contributed by atoms with Crippen LogP contribution in [0, 0.1) is 0 Å². The Morgan fingerprint density at radius 1 is 1.04 bits per heavy atom. The summed E-state index contributed by atoms with van der Waals surface area (Å²) in [5.74, 6) is 0.629. The summed E-state index contributed by atoms with van der Waals surface area (Å²) >= 11 is 2.93. The fourth-order valence-corrected chi connectivity index (χ4v) is 4.87. The molecule has 26 heavy (non-hydrogen) atoms. The van der Waals surface area contributed by atoms with E-state index in [-0.39, 0.29) is 16.7 Å². The monoisotopic (exact) mass is 382 g/mol. The second kappa shape index (κ2) is 6.78. The van der Waals surface area contributed by atoms with Crippen LogP contribution in [0.1, 0.15) is 22.8 Å². The van der Waals surface area contributed by atoms with Crippen molar-refractivity contribution >= 4 is 40.5 Å². The molecular formula is C20H18N2O2S2. The zero-order valence-electron chi connectivity index (χ0n) is 14.5. The Kier molecular flexibility index (Phi) is 4.46. The number of rotatable bonds is 3. The van der Waals surface area contributed by atoms with Gasteiger partial charge in [-0.1, -0.05) is 41.7 Å². The molecule has 0 unspecified atom stereocenters. The lowest BCUT2D eigenvalue weighted by atomic mass is 9.90. The molecule has 1 amide bonds. The van der Waals surface area contributed by atoms with E-state index < -0.39 is 0 Å². The molecule has 2 heterocycles. The number of para-hydroxylation sites is 1. The van der Waals surface area contributed by atoms with Crippen LogP contribution < -0.4 is 9.77 Å². The highest BCUT2D eigenvalue weighted by Gasteiger charge is 2.37. The van der Waals surface area contributed by atoms with Gasteiger partial charge in [-0.3, -0.25) is 19.1 Å². The number of thiazole rings is 1. The van der Waals surface area contributed by atoms with E-state index in [1.54, 1.807) is 28.3 Å². The largest absolute Gasteiger partial charge is 0.308 e. The highest BCUT2D eigenvalue weighted by Crippen LogP contribution is 2.44. The van der Waals surface area contributed by atoms with Crippen LogP contribution in [0.15, 0.2) is 64.3 Å². The second-order valence-corrected chi connectivity index (χ2v) is 8.08. The van der Waals surface area contributed by atoms with Crippen LogP contribution in [0.25, 0.3) is 0 Å². The maximum Gasteiger partial charge on any atom is 0.308 e. The second-order valence-electron chi connectivity index (χ2n) is 6.21. The van der Waals surface area contributed by atoms with E-state index in [9.17, 15) is 9.59 Å². The van der Waals surface area contributed by atoms with Crippen LogP contribution in [0.3, 0.4) is 0 Å². The van der Waals surface area contributed by atoms with E-state index in [1.807, 2.05) is 36.6 Å². The molecule has 0 aliphatic carbocycles. The summed E-state index contributed by atoms with van der Waals surface area (Å²) in [4.78, 5) is 29.2. The minimum atomic E-state index is -0.0766. The van der Waals surface area contributed by atoms with Crippen molar-refractivity contribution in [1.82, 2.24) is 4.57 Å². The summed E-state index contributed by atoms with van der Waals surface area (Å²) in [6.07, 6.45) is 2.40. The maximum atomic E-state index is 13.0. The number of hydrogen-bond donors (Lipinski definition) is 0. The van der Waals surface area contributed by atoms with Crippen molar-refractivity contribution in [3.05, 3.63) is 74.7 Å². The molecule has 1 aliphatic heterocycles. The highest BCUT2D eigenvalue weighted by atomic mass is 32.2. The van der Waals surface area contributed by atoms with E-state index in [0.29, 0.717) is 12.2 Å². The minimum Gasteiger partial charge on any atom is -0.288 e. The predicted octanol–water partition coefficient (Wildman–Crippen LogP) is 4.37. The van der Waals surface area contributed by atoms with E-state index >= 15 is 0 Å². The summed E-state index contributed by atoms with van der Waals surface area (Å²) in [6, 6.07) is 17.8. The van der Waals surface area contributed by atoms with Crippen LogP contribution in [0.4, 0.5) is 11.5 Å². The number of carbonyl (C=O) groups is 1. The van der Waals surface area contributed by atoms with Gasteiger partial charge in [-0.05, 0) is 36.1 Å². The molecule has 0 bridgehead atoms.